The maximum atomic E-state index is 13.9. The van der Waals surface area contributed by atoms with Crippen LogP contribution in [0.3, 0.4) is 0 Å². The summed E-state index contributed by atoms with van der Waals surface area (Å²) >= 11 is 0. The number of hydrogen-bond donors (Lipinski definition) is 2. The van der Waals surface area contributed by atoms with Gasteiger partial charge in [-0.2, -0.15) is 4.98 Å². The molecule has 1 amide bonds. The Bertz CT molecular complexity index is 789. The Morgan fingerprint density at radius 1 is 1.36 bits per heavy atom. The van der Waals surface area contributed by atoms with Crippen molar-refractivity contribution in [1.29, 1.82) is 0 Å². The average molecular weight is 387 g/mol. The van der Waals surface area contributed by atoms with Crippen molar-refractivity contribution in [1.82, 2.24) is 15.3 Å². The molecule has 8 heteroatoms. The Labute approximate surface area is 164 Å². The molecule has 1 fully saturated rings. The summed E-state index contributed by atoms with van der Waals surface area (Å²) in [5.41, 5.74) is 0.360. The summed E-state index contributed by atoms with van der Waals surface area (Å²) in [6, 6.07) is 8.14. The van der Waals surface area contributed by atoms with Crippen molar-refractivity contribution in [3.05, 3.63) is 42.3 Å². The summed E-state index contributed by atoms with van der Waals surface area (Å²) < 4.78 is 18.9. The SMILES string of the molecule is COCCCNC(=O)C1CCCN(c2nccc(Nc3ccccc3F)n2)C1. The number of rotatable bonds is 8. The minimum atomic E-state index is -0.342. The first-order chi connectivity index (χ1) is 13.7. The van der Waals surface area contributed by atoms with Crippen molar-refractivity contribution in [3.63, 3.8) is 0 Å². The number of amides is 1. The van der Waals surface area contributed by atoms with Gasteiger partial charge in [0.2, 0.25) is 11.9 Å². The lowest BCUT2D eigenvalue weighted by atomic mass is 9.97. The lowest BCUT2D eigenvalue weighted by Gasteiger charge is -2.32. The molecule has 1 unspecified atom stereocenters. The third-order valence-electron chi connectivity index (χ3n) is 4.68. The predicted molar refractivity (Wildman–Crippen MR) is 106 cm³/mol. The lowest BCUT2D eigenvalue weighted by Crippen LogP contribution is -2.44. The maximum Gasteiger partial charge on any atom is 0.227 e. The summed E-state index contributed by atoms with van der Waals surface area (Å²) in [6.45, 7) is 2.60. The number of anilines is 3. The van der Waals surface area contributed by atoms with Gasteiger partial charge in [-0.3, -0.25) is 4.79 Å². The van der Waals surface area contributed by atoms with Gasteiger partial charge in [-0.15, -0.1) is 0 Å². The van der Waals surface area contributed by atoms with Gasteiger partial charge in [0, 0.05) is 39.5 Å². The number of carbonyl (C=O) groups is 1. The second-order valence-electron chi connectivity index (χ2n) is 6.77. The smallest absolute Gasteiger partial charge is 0.227 e. The molecule has 0 bridgehead atoms. The van der Waals surface area contributed by atoms with E-state index in [1.165, 1.54) is 6.07 Å². The van der Waals surface area contributed by atoms with E-state index in [2.05, 4.69) is 20.6 Å². The molecule has 1 saturated heterocycles. The molecular formula is C20H26FN5O2. The minimum absolute atomic E-state index is 0.0569. The van der Waals surface area contributed by atoms with E-state index < -0.39 is 0 Å². The highest BCUT2D eigenvalue weighted by molar-refractivity contribution is 5.79. The van der Waals surface area contributed by atoms with Gasteiger partial charge in [0.25, 0.3) is 0 Å². The molecule has 0 aliphatic carbocycles. The Morgan fingerprint density at radius 2 is 2.21 bits per heavy atom. The molecule has 2 N–H and O–H groups in total. The zero-order valence-electron chi connectivity index (χ0n) is 16.0. The van der Waals surface area contributed by atoms with E-state index in [-0.39, 0.29) is 17.6 Å². The largest absolute Gasteiger partial charge is 0.385 e. The molecule has 0 radical (unpaired) electrons. The number of carbonyl (C=O) groups excluding carboxylic acids is 1. The average Bonchev–Trinajstić information content (AvgIpc) is 2.73. The van der Waals surface area contributed by atoms with Crippen LogP contribution < -0.4 is 15.5 Å². The molecule has 1 aromatic heterocycles. The summed E-state index contributed by atoms with van der Waals surface area (Å²) in [4.78, 5) is 23.3. The van der Waals surface area contributed by atoms with E-state index >= 15 is 0 Å². The van der Waals surface area contributed by atoms with Gasteiger partial charge in [-0.05, 0) is 37.5 Å². The van der Waals surface area contributed by atoms with Gasteiger partial charge in [-0.1, -0.05) is 12.1 Å². The Hall–Kier alpha value is -2.74. The third-order valence-corrected chi connectivity index (χ3v) is 4.68. The van der Waals surface area contributed by atoms with E-state index in [4.69, 9.17) is 4.74 Å². The lowest BCUT2D eigenvalue weighted by molar-refractivity contribution is -0.125. The van der Waals surface area contributed by atoms with Crippen LogP contribution in [0.4, 0.5) is 21.8 Å². The second-order valence-corrected chi connectivity index (χ2v) is 6.77. The van der Waals surface area contributed by atoms with Gasteiger partial charge in [0.05, 0.1) is 11.6 Å². The van der Waals surface area contributed by atoms with Crippen LogP contribution >= 0.6 is 0 Å². The van der Waals surface area contributed by atoms with Crippen LogP contribution in [0, 0.1) is 11.7 Å². The number of benzene rings is 1. The fraction of sp³-hybridized carbons (Fsp3) is 0.450. The van der Waals surface area contributed by atoms with Gasteiger partial charge >= 0.3 is 0 Å². The third kappa shape index (κ3) is 5.39. The second kappa shape index (κ2) is 9.98. The van der Waals surface area contributed by atoms with Crippen LogP contribution in [0.25, 0.3) is 0 Å². The van der Waals surface area contributed by atoms with Crippen molar-refractivity contribution < 1.29 is 13.9 Å². The molecule has 1 atom stereocenters. The summed E-state index contributed by atoms with van der Waals surface area (Å²) in [6.07, 6.45) is 4.18. The van der Waals surface area contributed by atoms with Crippen molar-refractivity contribution in [2.24, 2.45) is 5.92 Å². The quantitative estimate of drug-likeness (QED) is 0.678. The summed E-state index contributed by atoms with van der Waals surface area (Å²) in [5, 5.41) is 5.95. The fourth-order valence-electron chi connectivity index (χ4n) is 3.22. The van der Waals surface area contributed by atoms with Crippen LogP contribution in [0.5, 0.6) is 0 Å². The Morgan fingerprint density at radius 3 is 3.04 bits per heavy atom. The minimum Gasteiger partial charge on any atom is -0.385 e. The number of halogens is 1. The predicted octanol–water partition coefficient (Wildman–Crippen LogP) is 2.73. The number of para-hydroxylation sites is 1. The molecule has 2 aromatic rings. The highest BCUT2D eigenvalue weighted by atomic mass is 19.1. The van der Waals surface area contributed by atoms with Gasteiger partial charge in [0.15, 0.2) is 0 Å². The zero-order valence-corrected chi connectivity index (χ0v) is 16.0. The van der Waals surface area contributed by atoms with Gasteiger partial charge < -0.3 is 20.3 Å². The summed E-state index contributed by atoms with van der Waals surface area (Å²) in [7, 11) is 1.65. The number of nitrogens with one attached hydrogen (secondary N) is 2. The molecule has 7 nitrogen and oxygen atoms in total. The first-order valence-corrected chi connectivity index (χ1v) is 9.53. The molecule has 28 heavy (non-hydrogen) atoms. The van der Waals surface area contributed by atoms with Crippen LogP contribution in [-0.2, 0) is 9.53 Å². The number of piperidine rings is 1. The molecule has 1 aliphatic heterocycles. The number of ether oxygens (including phenoxy) is 1. The molecular weight excluding hydrogens is 361 g/mol. The molecule has 2 heterocycles. The number of nitrogens with zero attached hydrogens (tertiary/aromatic N) is 3. The van der Waals surface area contributed by atoms with Gasteiger partial charge in [0.1, 0.15) is 11.6 Å². The molecule has 1 aromatic carbocycles. The van der Waals surface area contributed by atoms with Crippen LogP contribution in [-0.4, -0.2) is 49.2 Å². The Balaban J connectivity index is 1.61. The van der Waals surface area contributed by atoms with Crippen LogP contribution in [0.2, 0.25) is 0 Å². The standard InChI is InChI=1S/C20H26FN5O2/c1-28-13-5-10-22-19(27)15-6-4-12-26(14-15)20-23-11-9-18(25-20)24-17-8-3-2-7-16(17)21/h2-3,7-9,11,15H,4-6,10,12-14H2,1H3,(H,22,27)(H,23,24,25). The van der Waals surface area contributed by atoms with Crippen LogP contribution in [0.15, 0.2) is 36.5 Å². The monoisotopic (exact) mass is 387 g/mol. The first-order valence-electron chi connectivity index (χ1n) is 9.53. The number of methoxy groups -OCH3 is 1. The highest BCUT2D eigenvalue weighted by Crippen LogP contribution is 2.23. The van der Waals surface area contributed by atoms with Gasteiger partial charge in [-0.25, -0.2) is 9.37 Å². The maximum absolute atomic E-state index is 13.9. The fourth-order valence-corrected chi connectivity index (χ4v) is 3.22. The van der Waals surface area contributed by atoms with E-state index in [0.29, 0.717) is 37.1 Å². The van der Waals surface area contributed by atoms with Crippen molar-refractivity contribution in [3.8, 4) is 0 Å². The number of hydrogen-bond acceptors (Lipinski definition) is 6. The normalized spacial score (nSPS) is 16.6. The summed E-state index contributed by atoms with van der Waals surface area (Å²) in [5.74, 6) is 0.676. The zero-order chi connectivity index (χ0) is 19.8. The Kier molecular flexibility index (Phi) is 7.13. The van der Waals surface area contributed by atoms with E-state index in [1.54, 1.807) is 37.6 Å². The van der Waals surface area contributed by atoms with E-state index in [1.807, 2.05) is 4.90 Å². The topological polar surface area (TPSA) is 79.4 Å². The highest BCUT2D eigenvalue weighted by Gasteiger charge is 2.27. The van der Waals surface area contributed by atoms with Crippen molar-refractivity contribution >= 4 is 23.4 Å². The number of aromatic nitrogens is 2. The van der Waals surface area contributed by atoms with Crippen LogP contribution in [0.1, 0.15) is 19.3 Å². The molecule has 0 spiro atoms. The van der Waals surface area contributed by atoms with Crippen molar-refractivity contribution in [2.75, 3.05) is 43.6 Å². The molecule has 1 aliphatic rings. The molecule has 150 valence electrons. The van der Waals surface area contributed by atoms with E-state index in [9.17, 15) is 9.18 Å². The molecule has 3 rings (SSSR count). The van der Waals surface area contributed by atoms with E-state index in [0.717, 1.165) is 25.8 Å². The van der Waals surface area contributed by atoms with Crippen molar-refractivity contribution in [2.45, 2.75) is 19.3 Å². The first kappa shape index (κ1) is 20.0. The molecule has 0 saturated carbocycles.